The van der Waals surface area contributed by atoms with Crippen LogP contribution in [0.4, 0.5) is 0 Å². The Kier molecular flexibility index (Phi) is 4.54. The molecule has 1 aliphatic rings. The molecule has 1 aromatic carbocycles. The van der Waals surface area contributed by atoms with Crippen LogP contribution in [-0.2, 0) is 16.6 Å². The summed E-state index contributed by atoms with van der Waals surface area (Å²) in [5.74, 6) is -0.389. The number of nitrogens with zero attached hydrogens (tertiary/aromatic N) is 2. The average molecular weight is 336 g/mol. The lowest BCUT2D eigenvalue weighted by Gasteiger charge is -2.26. The molecule has 0 unspecified atom stereocenters. The van der Waals surface area contributed by atoms with Gasteiger partial charge >= 0.3 is 0 Å². The van der Waals surface area contributed by atoms with Crippen molar-refractivity contribution in [1.82, 2.24) is 14.8 Å². The lowest BCUT2D eigenvalue weighted by atomic mass is 10.2. The van der Waals surface area contributed by atoms with Gasteiger partial charge in [0.05, 0.1) is 19.8 Å². The number of aromatic nitrogens is 1. The number of nitrogens with one attached hydrogen (secondary N) is 1. The predicted molar refractivity (Wildman–Crippen MR) is 87.7 cm³/mol. The van der Waals surface area contributed by atoms with E-state index in [9.17, 15) is 9.59 Å². The molecule has 0 saturated carbocycles. The Labute approximate surface area is 138 Å². The second kappa shape index (κ2) is 6.60. The van der Waals surface area contributed by atoms with Crippen molar-refractivity contribution in [3.8, 4) is 0 Å². The van der Waals surface area contributed by atoms with Gasteiger partial charge in [0.2, 0.25) is 5.91 Å². The van der Waals surface area contributed by atoms with Crippen molar-refractivity contribution in [2.75, 3.05) is 32.8 Å². The Hall–Kier alpha value is -2.05. The molecule has 2 heterocycles. The minimum atomic E-state index is -0.290. The van der Waals surface area contributed by atoms with E-state index in [0.29, 0.717) is 37.0 Å². The van der Waals surface area contributed by atoms with Crippen LogP contribution in [0.1, 0.15) is 10.5 Å². The van der Waals surface area contributed by atoms with Gasteiger partial charge in [-0.25, -0.2) is 0 Å². The van der Waals surface area contributed by atoms with Crippen LogP contribution in [-0.4, -0.2) is 54.1 Å². The topological polar surface area (TPSA) is 63.6 Å². The van der Waals surface area contributed by atoms with Gasteiger partial charge in [0, 0.05) is 36.1 Å². The molecular formula is C16H18ClN3O3. The van der Waals surface area contributed by atoms with Gasteiger partial charge in [-0.15, -0.1) is 0 Å². The molecule has 0 bridgehead atoms. The molecule has 0 radical (unpaired) electrons. The first-order chi connectivity index (χ1) is 11.1. The number of halogens is 1. The molecule has 1 saturated heterocycles. The van der Waals surface area contributed by atoms with Crippen LogP contribution in [0.2, 0.25) is 5.02 Å². The van der Waals surface area contributed by atoms with Gasteiger partial charge in [-0.05, 0) is 18.2 Å². The van der Waals surface area contributed by atoms with E-state index in [1.807, 2.05) is 12.1 Å². The Morgan fingerprint density at radius 1 is 1.30 bits per heavy atom. The van der Waals surface area contributed by atoms with Crippen molar-refractivity contribution in [1.29, 1.82) is 0 Å². The predicted octanol–water partition coefficient (Wildman–Crippen LogP) is 1.42. The Morgan fingerprint density at radius 3 is 2.74 bits per heavy atom. The molecule has 6 nitrogen and oxygen atoms in total. The van der Waals surface area contributed by atoms with Crippen molar-refractivity contribution in [3.63, 3.8) is 0 Å². The molecule has 2 aromatic rings. The number of morpholine rings is 1. The van der Waals surface area contributed by atoms with Crippen molar-refractivity contribution in [2.24, 2.45) is 7.05 Å². The van der Waals surface area contributed by atoms with Crippen LogP contribution in [0.5, 0.6) is 0 Å². The maximum absolute atomic E-state index is 12.4. The van der Waals surface area contributed by atoms with Crippen molar-refractivity contribution < 1.29 is 14.3 Å². The third-order valence-electron chi connectivity index (χ3n) is 4.03. The number of amides is 2. The second-order valence-corrected chi connectivity index (χ2v) is 5.84. The van der Waals surface area contributed by atoms with Crippen molar-refractivity contribution >= 4 is 34.3 Å². The smallest absolute Gasteiger partial charge is 0.268 e. The van der Waals surface area contributed by atoms with Gasteiger partial charge < -0.3 is 19.5 Å². The summed E-state index contributed by atoms with van der Waals surface area (Å²) in [4.78, 5) is 26.1. The number of hydrogen-bond donors (Lipinski definition) is 1. The summed E-state index contributed by atoms with van der Waals surface area (Å²) in [6.45, 7) is 2.20. The van der Waals surface area contributed by atoms with Gasteiger partial charge in [-0.3, -0.25) is 9.59 Å². The van der Waals surface area contributed by atoms with Gasteiger partial charge in [-0.2, -0.15) is 0 Å². The standard InChI is InChI=1S/C16H18ClN3O3/c1-19-13-4-2-3-12(17)11(13)9-14(19)16(22)18-10-15(21)20-5-7-23-8-6-20/h2-4,9H,5-8,10H2,1H3,(H,18,22). The van der Waals surface area contributed by atoms with E-state index in [1.54, 1.807) is 28.6 Å². The largest absolute Gasteiger partial charge is 0.378 e. The highest BCUT2D eigenvalue weighted by atomic mass is 35.5. The highest BCUT2D eigenvalue weighted by Gasteiger charge is 2.19. The van der Waals surface area contributed by atoms with Crippen LogP contribution in [0.15, 0.2) is 24.3 Å². The van der Waals surface area contributed by atoms with Crippen LogP contribution in [0.25, 0.3) is 10.9 Å². The number of carbonyl (C=O) groups excluding carboxylic acids is 2. The molecule has 0 aliphatic carbocycles. The zero-order valence-electron chi connectivity index (χ0n) is 12.8. The molecule has 122 valence electrons. The first-order valence-electron chi connectivity index (χ1n) is 7.45. The summed E-state index contributed by atoms with van der Waals surface area (Å²) in [7, 11) is 1.80. The van der Waals surface area contributed by atoms with E-state index in [1.165, 1.54) is 0 Å². The highest BCUT2D eigenvalue weighted by Crippen LogP contribution is 2.26. The Balaban J connectivity index is 1.70. The number of carbonyl (C=O) groups is 2. The molecule has 23 heavy (non-hydrogen) atoms. The van der Waals surface area contributed by atoms with E-state index >= 15 is 0 Å². The van der Waals surface area contributed by atoms with E-state index in [2.05, 4.69) is 5.32 Å². The average Bonchev–Trinajstić information content (AvgIpc) is 2.92. The lowest BCUT2D eigenvalue weighted by Crippen LogP contribution is -2.45. The molecule has 1 fully saturated rings. The molecule has 1 aromatic heterocycles. The summed E-state index contributed by atoms with van der Waals surface area (Å²) in [5.41, 5.74) is 1.35. The third-order valence-corrected chi connectivity index (χ3v) is 4.36. The third kappa shape index (κ3) is 3.18. The van der Waals surface area contributed by atoms with Crippen LogP contribution in [0, 0.1) is 0 Å². The molecule has 1 aliphatic heterocycles. The van der Waals surface area contributed by atoms with Gasteiger partial charge in [0.25, 0.3) is 5.91 Å². The zero-order valence-corrected chi connectivity index (χ0v) is 13.6. The number of hydrogen-bond acceptors (Lipinski definition) is 3. The molecule has 0 atom stereocenters. The number of benzene rings is 1. The Bertz CT molecular complexity index is 750. The van der Waals surface area contributed by atoms with Gasteiger partial charge in [0.1, 0.15) is 5.69 Å². The summed E-state index contributed by atoms with van der Waals surface area (Å²) < 4.78 is 6.98. The van der Waals surface area contributed by atoms with E-state index in [-0.39, 0.29) is 18.4 Å². The normalized spacial score (nSPS) is 15.0. The molecule has 3 rings (SSSR count). The monoisotopic (exact) mass is 335 g/mol. The summed E-state index contributed by atoms with van der Waals surface area (Å²) in [6.07, 6.45) is 0. The zero-order chi connectivity index (χ0) is 16.4. The molecule has 7 heteroatoms. The fraction of sp³-hybridized carbons (Fsp3) is 0.375. The van der Waals surface area contributed by atoms with E-state index < -0.39 is 0 Å². The first kappa shape index (κ1) is 15.8. The number of rotatable bonds is 3. The van der Waals surface area contributed by atoms with E-state index in [0.717, 1.165) is 10.9 Å². The summed E-state index contributed by atoms with van der Waals surface area (Å²) in [5, 5.41) is 4.10. The molecule has 2 amide bonds. The lowest BCUT2D eigenvalue weighted by molar-refractivity contribution is -0.134. The number of ether oxygens (including phenoxy) is 1. The maximum atomic E-state index is 12.4. The summed E-state index contributed by atoms with van der Waals surface area (Å²) >= 11 is 6.16. The van der Waals surface area contributed by atoms with Crippen LogP contribution < -0.4 is 5.32 Å². The molecular weight excluding hydrogens is 318 g/mol. The highest BCUT2D eigenvalue weighted by molar-refractivity contribution is 6.35. The number of aryl methyl sites for hydroxylation is 1. The molecule has 1 N–H and O–H groups in total. The summed E-state index contributed by atoms with van der Waals surface area (Å²) in [6, 6.07) is 7.27. The van der Waals surface area contributed by atoms with Crippen molar-refractivity contribution in [2.45, 2.75) is 0 Å². The fourth-order valence-electron chi connectivity index (χ4n) is 2.71. The second-order valence-electron chi connectivity index (χ2n) is 5.44. The fourth-order valence-corrected chi connectivity index (χ4v) is 2.94. The maximum Gasteiger partial charge on any atom is 0.268 e. The van der Waals surface area contributed by atoms with Crippen LogP contribution >= 0.6 is 11.6 Å². The Morgan fingerprint density at radius 2 is 2.04 bits per heavy atom. The van der Waals surface area contributed by atoms with E-state index in [4.69, 9.17) is 16.3 Å². The quantitative estimate of drug-likeness (QED) is 0.922. The van der Waals surface area contributed by atoms with Gasteiger partial charge in [0.15, 0.2) is 0 Å². The SMILES string of the molecule is Cn1c(C(=O)NCC(=O)N2CCOCC2)cc2c(Cl)cccc21. The minimum Gasteiger partial charge on any atom is -0.378 e. The first-order valence-corrected chi connectivity index (χ1v) is 7.83. The van der Waals surface area contributed by atoms with Crippen LogP contribution in [0.3, 0.4) is 0 Å². The van der Waals surface area contributed by atoms with Gasteiger partial charge in [-0.1, -0.05) is 17.7 Å². The molecule has 0 spiro atoms. The van der Waals surface area contributed by atoms with Crippen molar-refractivity contribution in [3.05, 3.63) is 35.0 Å². The minimum absolute atomic E-state index is 0.0198. The number of fused-ring (bicyclic) bond motifs is 1.